The van der Waals surface area contributed by atoms with Gasteiger partial charge in [-0.3, -0.25) is 0 Å². The van der Waals surface area contributed by atoms with Gasteiger partial charge in [-0.1, -0.05) is 42.8 Å². The van der Waals surface area contributed by atoms with E-state index in [1.54, 1.807) is 12.3 Å². The normalized spacial score (nSPS) is 10.3. The Morgan fingerprint density at radius 1 is 1.28 bits per heavy atom. The molecule has 0 aliphatic heterocycles. The number of hydrogen-bond acceptors (Lipinski definition) is 3. The molecule has 4 heteroatoms. The molecular formula is C14H16ClN3. The van der Waals surface area contributed by atoms with E-state index in [4.69, 9.17) is 17.3 Å². The Hall–Kier alpha value is -1.74. The fourth-order valence-electron chi connectivity index (χ4n) is 1.86. The van der Waals surface area contributed by atoms with Gasteiger partial charge in [-0.25, -0.2) is 4.98 Å². The molecule has 0 saturated heterocycles. The van der Waals surface area contributed by atoms with Gasteiger partial charge in [0.05, 0.1) is 10.7 Å². The lowest BCUT2D eigenvalue weighted by atomic mass is 10.1. The highest BCUT2D eigenvalue weighted by atomic mass is 35.5. The van der Waals surface area contributed by atoms with Gasteiger partial charge >= 0.3 is 0 Å². The van der Waals surface area contributed by atoms with Crippen molar-refractivity contribution < 1.29 is 0 Å². The maximum atomic E-state index is 5.85. The second-order valence-electron chi connectivity index (χ2n) is 4.07. The fourth-order valence-corrected chi connectivity index (χ4v) is 2.02. The summed E-state index contributed by atoms with van der Waals surface area (Å²) < 4.78 is 0. The SMILES string of the molecule is CCc1ccccc1CNc1ncc(Cl)cc1N. The number of rotatable bonds is 4. The van der Waals surface area contributed by atoms with Crippen LogP contribution in [0.1, 0.15) is 18.1 Å². The number of nitrogen functional groups attached to an aromatic ring is 1. The van der Waals surface area contributed by atoms with Crippen LogP contribution in [-0.2, 0) is 13.0 Å². The van der Waals surface area contributed by atoms with Gasteiger partial charge in [-0.05, 0) is 23.6 Å². The van der Waals surface area contributed by atoms with Gasteiger partial charge in [0, 0.05) is 12.7 Å². The Kier molecular flexibility index (Phi) is 4.05. The molecule has 0 aliphatic carbocycles. The van der Waals surface area contributed by atoms with Crippen molar-refractivity contribution in [2.45, 2.75) is 19.9 Å². The lowest BCUT2D eigenvalue weighted by Crippen LogP contribution is -2.06. The number of anilines is 2. The van der Waals surface area contributed by atoms with Crippen LogP contribution >= 0.6 is 11.6 Å². The predicted molar refractivity (Wildman–Crippen MR) is 76.8 cm³/mol. The summed E-state index contributed by atoms with van der Waals surface area (Å²) in [6.07, 6.45) is 2.60. The van der Waals surface area contributed by atoms with Crippen molar-refractivity contribution in [1.82, 2.24) is 4.98 Å². The highest BCUT2D eigenvalue weighted by Gasteiger charge is 2.03. The second-order valence-corrected chi connectivity index (χ2v) is 4.50. The quantitative estimate of drug-likeness (QED) is 0.886. The first kappa shape index (κ1) is 12.7. The van der Waals surface area contributed by atoms with Crippen LogP contribution in [0, 0.1) is 0 Å². The van der Waals surface area contributed by atoms with Crippen molar-refractivity contribution in [1.29, 1.82) is 0 Å². The molecule has 0 fully saturated rings. The van der Waals surface area contributed by atoms with Crippen LogP contribution in [-0.4, -0.2) is 4.98 Å². The molecular weight excluding hydrogens is 246 g/mol. The fraction of sp³-hybridized carbons (Fsp3) is 0.214. The molecule has 1 heterocycles. The molecule has 0 atom stereocenters. The third kappa shape index (κ3) is 2.93. The van der Waals surface area contributed by atoms with Crippen molar-refractivity contribution in [3.63, 3.8) is 0 Å². The first-order valence-corrected chi connectivity index (χ1v) is 6.30. The second kappa shape index (κ2) is 5.74. The topological polar surface area (TPSA) is 50.9 Å². The molecule has 0 amide bonds. The van der Waals surface area contributed by atoms with Gasteiger partial charge in [0.1, 0.15) is 5.82 Å². The zero-order chi connectivity index (χ0) is 13.0. The number of pyridine rings is 1. The average Bonchev–Trinajstić information content (AvgIpc) is 2.38. The zero-order valence-corrected chi connectivity index (χ0v) is 11.0. The van der Waals surface area contributed by atoms with Gasteiger partial charge in [0.25, 0.3) is 0 Å². The molecule has 0 spiro atoms. The van der Waals surface area contributed by atoms with Crippen LogP contribution in [0.5, 0.6) is 0 Å². The van der Waals surface area contributed by atoms with Crippen LogP contribution in [0.3, 0.4) is 0 Å². The van der Waals surface area contributed by atoms with Crippen molar-refractivity contribution in [3.8, 4) is 0 Å². The van der Waals surface area contributed by atoms with Crippen LogP contribution in [0.25, 0.3) is 0 Å². The van der Waals surface area contributed by atoms with Crippen LogP contribution in [0.2, 0.25) is 5.02 Å². The van der Waals surface area contributed by atoms with Crippen molar-refractivity contribution in [2.24, 2.45) is 0 Å². The first-order valence-electron chi connectivity index (χ1n) is 5.92. The maximum absolute atomic E-state index is 5.85. The van der Waals surface area contributed by atoms with Crippen molar-refractivity contribution in [3.05, 3.63) is 52.7 Å². The van der Waals surface area contributed by atoms with Crippen LogP contribution in [0.15, 0.2) is 36.5 Å². The summed E-state index contributed by atoms with van der Waals surface area (Å²) in [5.74, 6) is 0.672. The Morgan fingerprint density at radius 3 is 2.67 bits per heavy atom. The number of aryl methyl sites for hydroxylation is 1. The monoisotopic (exact) mass is 261 g/mol. The number of halogens is 1. The highest BCUT2D eigenvalue weighted by Crippen LogP contribution is 2.20. The molecule has 0 unspecified atom stereocenters. The molecule has 1 aromatic heterocycles. The molecule has 1 aromatic carbocycles. The highest BCUT2D eigenvalue weighted by molar-refractivity contribution is 6.30. The third-order valence-corrected chi connectivity index (χ3v) is 3.04. The minimum Gasteiger partial charge on any atom is -0.396 e. The van der Waals surface area contributed by atoms with E-state index in [0.29, 0.717) is 23.1 Å². The van der Waals surface area contributed by atoms with Gasteiger partial charge in [0.2, 0.25) is 0 Å². The Bertz CT molecular complexity index is 540. The molecule has 3 nitrogen and oxygen atoms in total. The van der Waals surface area contributed by atoms with E-state index in [1.807, 2.05) is 6.07 Å². The van der Waals surface area contributed by atoms with Gasteiger partial charge < -0.3 is 11.1 Å². The van der Waals surface area contributed by atoms with Gasteiger partial charge in [0.15, 0.2) is 0 Å². The zero-order valence-electron chi connectivity index (χ0n) is 10.3. The average molecular weight is 262 g/mol. The standard InChI is InChI=1S/C14H16ClN3/c1-2-10-5-3-4-6-11(10)8-17-14-13(16)7-12(15)9-18-14/h3-7,9H,2,8,16H2,1H3,(H,17,18). The summed E-state index contributed by atoms with van der Waals surface area (Å²) in [5.41, 5.74) is 9.00. The van der Waals surface area contributed by atoms with E-state index >= 15 is 0 Å². The van der Waals surface area contributed by atoms with E-state index in [-0.39, 0.29) is 0 Å². The number of hydrogen-bond donors (Lipinski definition) is 2. The predicted octanol–water partition coefficient (Wildman–Crippen LogP) is 3.49. The minimum atomic E-state index is 0.548. The summed E-state index contributed by atoms with van der Waals surface area (Å²) in [6, 6.07) is 10.0. The summed E-state index contributed by atoms with van der Waals surface area (Å²) >= 11 is 5.81. The van der Waals surface area contributed by atoms with Gasteiger partial charge in [-0.2, -0.15) is 0 Å². The maximum Gasteiger partial charge on any atom is 0.149 e. The number of benzene rings is 1. The molecule has 0 saturated carbocycles. The summed E-state index contributed by atoms with van der Waals surface area (Å²) in [6.45, 7) is 2.86. The minimum absolute atomic E-state index is 0.548. The largest absolute Gasteiger partial charge is 0.396 e. The van der Waals surface area contributed by atoms with Crippen molar-refractivity contribution >= 4 is 23.1 Å². The van der Waals surface area contributed by atoms with E-state index in [0.717, 1.165) is 6.42 Å². The molecule has 3 N–H and O–H groups in total. The lowest BCUT2D eigenvalue weighted by Gasteiger charge is -2.11. The molecule has 0 radical (unpaired) electrons. The number of nitrogens with two attached hydrogens (primary N) is 1. The van der Waals surface area contributed by atoms with Gasteiger partial charge in [-0.15, -0.1) is 0 Å². The Morgan fingerprint density at radius 2 is 2.00 bits per heavy atom. The molecule has 0 aliphatic rings. The van der Waals surface area contributed by atoms with E-state index < -0.39 is 0 Å². The Balaban J connectivity index is 2.11. The summed E-state index contributed by atoms with van der Waals surface area (Å²) in [5, 5.41) is 3.78. The molecule has 2 aromatic rings. The number of nitrogens with one attached hydrogen (secondary N) is 1. The number of aromatic nitrogens is 1. The smallest absolute Gasteiger partial charge is 0.149 e. The first-order chi connectivity index (χ1) is 8.70. The molecule has 0 bridgehead atoms. The van der Waals surface area contributed by atoms with Crippen LogP contribution < -0.4 is 11.1 Å². The summed E-state index contributed by atoms with van der Waals surface area (Å²) in [4.78, 5) is 4.18. The lowest BCUT2D eigenvalue weighted by molar-refractivity contribution is 1.03. The van der Waals surface area contributed by atoms with Crippen LogP contribution in [0.4, 0.5) is 11.5 Å². The van der Waals surface area contributed by atoms with E-state index in [2.05, 4.69) is 35.4 Å². The van der Waals surface area contributed by atoms with E-state index in [9.17, 15) is 0 Å². The summed E-state index contributed by atoms with van der Waals surface area (Å²) in [7, 11) is 0. The molecule has 94 valence electrons. The molecule has 18 heavy (non-hydrogen) atoms. The molecule has 2 rings (SSSR count). The third-order valence-electron chi connectivity index (χ3n) is 2.83. The van der Waals surface area contributed by atoms with Crippen molar-refractivity contribution in [2.75, 3.05) is 11.1 Å². The number of nitrogens with zero attached hydrogens (tertiary/aromatic N) is 1. The Labute approximate surface area is 112 Å². The van der Waals surface area contributed by atoms with E-state index in [1.165, 1.54) is 11.1 Å².